The monoisotopic (exact) mass is 419 g/mol. The second-order valence-electron chi connectivity index (χ2n) is 5.58. The van der Waals surface area contributed by atoms with Crippen LogP contribution < -0.4 is 0 Å². The number of halogens is 2. The van der Waals surface area contributed by atoms with Crippen LogP contribution >= 0.6 is 27.5 Å². The van der Waals surface area contributed by atoms with Crippen molar-refractivity contribution in [3.05, 3.63) is 69.5 Å². The van der Waals surface area contributed by atoms with Crippen LogP contribution in [0, 0.1) is 0 Å². The fourth-order valence-electron chi connectivity index (χ4n) is 2.31. The molecule has 25 heavy (non-hydrogen) atoms. The Bertz CT molecular complexity index is 897. The highest BCUT2D eigenvalue weighted by Crippen LogP contribution is 2.20. The molecule has 1 aromatic heterocycles. The molecular weight excluding hydrogens is 406 g/mol. The predicted octanol–water partition coefficient (Wildman–Crippen LogP) is 4.35. The molecule has 0 radical (unpaired) electrons. The molecule has 3 aromatic rings. The zero-order valence-corrected chi connectivity index (χ0v) is 15.8. The number of amides is 1. The van der Waals surface area contributed by atoms with Crippen molar-refractivity contribution >= 4 is 33.4 Å². The molecule has 1 heterocycles. The van der Waals surface area contributed by atoms with E-state index in [1.807, 2.05) is 36.4 Å². The first-order valence-electron chi connectivity index (χ1n) is 7.58. The fraction of sp³-hybridized carbons (Fsp3) is 0.167. The number of hydrogen-bond donors (Lipinski definition) is 0. The normalized spacial score (nSPS) is 10.7. The minimum Gasteiger partial charge on any atom is -0.337 e. The van der Waals surface area contributed by atoms with E-state index in [0.717, 1.165) is 15.6 Å². The lowest BCUT2D eigenvalue weighted by atomic mass is 10.1. The lowest BCUT2D eigenvalue weighted by Gasteiger charge is -2.14. The Morgan fingerprint density at radius 2 is 2.04 bits per heavy atom. The molecule has 0 unspecified atom stereocenters. The molecular formula is C18H15BrClN3O2. The van der Waals surface area contributed by atoms with Gasteiger partial charge in [-0.05, 0) is 29.8 Å². The van der Waals surface area contributed by atoms with Crippen molar-refractivity contribution in [2.75, 3.05) is 7.05 Å². The summed E-state index contributed by atoms with van der Waals surface area (Å²) < 4.78 is 6.19. The molecule has 0 aliphatic carbocycles. The van der Waals surface area contributed by atoms with Crippen LogP contribution in [0.1, 0.15) is 11.5 Å². The molecule has 3 rings (SSSR count). The van der Waals surface area contributed by atoms with Gasteiger partial charge in [0, 0.05) is 22.1 Å². The van der Waals surface area contributed by atoms with Crippen LogP contribution in [0.25, 0.3) is 11.4 Å². The van der Waals surface area contributed by atoms with E-state index in [-0.39, 0.29) is 18.9 Å². The summed E-state index contributed by atoms with van der Waals surface area (Å²) in [6, 6.07) is 14.9. The highest BCUT2D eigenvalue weighted by atomic mass is 79.9. The van der Waals surface area contributed by atoms with Gasteiger partial charge in [-0.25, -0.2) is 0 Å². The maximum Gasteiger partial charge on any atom is 0.246 e. The Kier molecular flexibility index (Phi) is 5.50. The van der Waals surface area contributed by atoms with E-state index >= 15 is 0 Å². The molecule has 0 aliphatic rings. The molecule has 0 bridgehead atoms. The largest absolute Gasteiger partial charge is 0.337 e. The molecule has 0 spiro atoms. The molecule has 0 aliphatic heterocycles. The summed E-state index contributed by atoms with van der Waals surface area (Å²) in [6.45, 7) is 0.250. The summed E-state index contributed by atoms with van der Waals surface area (Å²) in [5.41, 5.74) is 1.71. The third-order valence-corrected chi connectivity index (χ3v) is 4.32. The van der Waals surface area contributed by atoms with Crippen molar-refractivity contribution < 1.29 is 9.32 Å². The van der Waals surface area contributed by atoms with Crippen LogP contribution in [0.3, 0.4) is 0 Å². The molecule has 0 atom stereocenters. The van der Waals surface area contributed by atoms with Crippen molar-refractivity contribution in [1.82, 2.24) is 15.0 Å². The van der Waals surface area contributed by atoms with E-state index in [4.69, 9.17) is 16.1 Å². The van der Waals surface area contributed by atoms with Gasteiger partial charge in [0.25, 0.3) is 0 Å². The molecule has 0 saturated carbocycles. The molecule has 0 saturated heterocycles. The summed E-state index contributed by atoms with van der Waals surface area (Å²) in [4.78, 5) is 18.2. The summed E-state index contributed by atoms with van der Waals surface area (Å²) in [7, 11) is 1.70. The second kappa shape index (κ2) is 7.80. The van der Waals surface area contributed by atoms with E-state index in [2.05, 4.69) is 26.1 Å². The van der Waals surface area contributed by atoms with Gasteiger partial charge >= 0.3 is 0 Å². The SMILES string of the molecule is CN(Cc1nc(-c2cccc(Br)c2)no1)C(=O)Cc1cccc(Cl)c1. The van der Waals surface area contributed by atoms with E-state index in [9.17, 15) is 4.79 Å². The molecule has 7 heteroatoms. The predicted molar refractivity (Wildman–Crippen MR) is 99.1 cm³/mol. The molecule has 0 N–H and O–H groups in total. The molecule has 2 aromatic carbocycles. The average Bonchev–Trinajstić information content (AvgIpc) is 3.03. The van der Waals surface area contributed by atoms with Crippen molar-refractivity contribution in [3.63, 3.8) is 0 Å². The van der Waals surface area contributed by atoms with Crippen molar-refractivity contribution in [2.45, 2.75) is 13.0 Å². The average molecular weight is 421 g/mol. The number of nitrogens with zero attached hydrogens (tertiary/aromatic N) is 3. The quantitative estimate of drug-likeness (QED) is 0.615. The van der Waals surface area contributed by atoms with Gasteiger partial charge in [-0.2, -0.15) is 4.98 Å². The molecule has 5 nitrogen and oxygen atoms in total. The van der Waals surface area contributed by atoms with Gasteiger partial charge in [0.2, 0.25) is 17.6 Å². The number of carbonyl (C=O) groups excluding carboxylic acids is 1. The van der Waals surface area contributed by atoms with Crippen molar-refractivity contribution in [2.24, 2.45) is 0 Å². The molecule has 0 fully saturated rings. The zero-order chi connectivity index (χ0) is 17.8. The molecule has 128 valence electrons. The number of rotatable bonds is 5. The summed E-state index contributed by atoms with van der Waals surface area (Å²) >= 11 is 9.36. The minimum absolute atomic E-state index is 0.0514. The Balaban J connectivity index is 1.65. The third-order valence-electron chi connectivity index (χ3n) is 3.59. The number of hydrogen-bond acceptors (Lipinski definition) is 4. The zero-order valence-electron chi connectivity index (χ0n) is 13.4. The number of benzene rings is 2. The smallest absolute Gasteiger partial charge is 0.246 e. The Morgan fingerprint density at radius 3 is 2.80 bits per heavy atom. The molecule has 1 amide bonds. The highest BCUT2D eigenvalue weighted by molar-refractivity contribution is 9.10. The van der Waals surface area contributed by atoms with Gasteiger partial charge in [0.15, 0.2) is 0 Å². The Labute approximate surface area is 158 Å². The lowest BCUT2D eigenvalue weighted by Crippen LogP contribution is -2.27. The van der Waals surface area contributed by atoms with E-state index in [0.29, 0.717) is 16.7 Å². The lowest BCUT2D eigenvalue weighted by molar-refractivity contribution is -0.130. The first-order valence-corrected chi connectivity index (χ1v) is 8.75. The first-order chi connectivity index (χ1) is 12.0. The van der Waals surface area contributed by atoms with Crippen LogP contribution in [-0.2, 0) is 17.8 Å². The van der Waals surface area contributed by atoms with Gasteiger partial charge in [0.05, 0.1) is 13.0 Å². The summed E-state index contributed by atoms with van der Waals surface area (Å²) in [5, 5.41) is 4.59. The van der Waals surface area contributed by atoms with Crippen LogP contribution in [0.4, 0.5) is 0 Å². The fourth-order valence-corrected chi connectivity index (χ4v) is 2.92. The second-order valence-corrected chi connectivity index (χ2v) is 6.93. The van der Waals surface area contributed by atoms with Gasteiger partial charge < -0.3 is 9.42 Å². The van der Waals surface area contributed by atoms with Crippen LogP contribution in [0.15, 0.2) is 57.5 Å². The summed E-state index contributed by atoms with van der Waals surface area (Å²) in [5.74, 6) is 0.827. The van der Waals surface area contributed by atoms with Crippen LogP contribution in [0.5, 0.6) is 0 Å². The van der Waals surface area contributed by atoms with Gasteiger partial charge in [-0.15, -0.1) is 0 Å². The number of carbonyl (C=O) groups is 1. The third kappa shape index (κ3) is 4.67. The van der Waals surface area contributed by atoms with Crippen molar-refractivity contribution in [3.8, 4) is 11.4 Å². The number of likely N-dealkylation sites (N-methyl/N-ethyl adjacent to an activating group) is 1. The van der Waals surface area contributed by atoms with Crippen LogP contribution in [0.2, 0.25) is 5.02 Å². The number of aromatic nitrogens is 2. The Morgan fingerprint density at radius 1 is 1.24 bits per heavy atom. The van der Waals surface area contributed by atoms with Crippen LogP contribution in [-0.4, -0.2) is 28.0 Å². The summed E-state index contributed by atoms with van der Waals surface area (Å²) in [6.07, 6.45) is 0.268. The van der Waals surface area contributed by atoms with Gasteiger partial charge in [0.1, 0.15) is 0 Å². The van der Waals surface area contributed by atoms with Gasteiger partial charge in [-0.3, -0.25) is 4.79 Å². The topological polar surface area (TPSA) is 59.2 Å². The van der Waals surface area contributed by atoms with E-state index in [1.165, 1.54) is 0 Å². The van der Waals surface area contributed by atoms with Gasteiger partial charge in [-0.1, -0.05) is 57.0 Å². The first kappa shape index (κ1) is 17.6. The Hall–Kier alpha value is -2.18. The standard InChI is InChI=1S/C18H15BrClN3O2/c1-23(17(24)9-12-4-2-7-15(20)8-12)11-16-21-18(22-25-16)13-5-3-6-14(19)10-13/h2-8,10H,9,11H2,1H3. The highest BCUT2D eigenvalue weighted by Gasteiger charge is 2.15. The van der Waals surface area contributed by atoms with E-state index in [1.54, 1.807) is 24.1 Å². The maximum absolute atomic E-state index is 12.3. The maximum atomic E-state index is 12.3. The van der Waals surface area contributed by atoms with Crippen molar-refractivity contribution in [1.29, 1.82) is 0 Å². The van der Waals surface area contributed by atoms with E-state index < -0.39 is 0 Å². The minimum atomic E-state index is -0.0514.